The summed E-state index contributed by atoms with van der Waals surface area (Å²) >= 11 is 1.47. The number of ether oxygens (including phenoxy) is 2. The van der Waals surface area contributed by atoms with Crippen molar-refractivity contribution in [1.82, 2.24) is 4.68 Å². The van der Waals surface area contributed by atoms with Gasteiger partial charge in [0.25, 0.3) is 0 Å². The third-order valence-corrected chi connectivity index (χ3v) is 4.84. The number of rotatable bonds is 7. The zero-order valence-electron chi connectivity index (χ0n) is 15.7. The molecular weight excluding hydrogens is 374 g/mol. The van der Waals surface area contributed by atoms with E-state index in [2.05, 4.69) is 16.7 Å². The highest BCUT2D eigenvalue weighted by Crippen LogP contribution is 2.31. The van der Waals surface area contributed by atoms with Crippen LogP contribution in [0, 0.1) is 0 Å². The number of hydrogen-bond donors (Lipinski definition) is 1. The molecule has 0 aliphatic carbocycles. The van der Waals surface area contributed by atoms with Gasteiger partial charge in [-0.25, -0.2) is 4.68 Å². The second kappa shape index (κ2) is 9.05. The van der Waals surface area contributed by atoms with Gasteiger partial charge in [-0.2, -0.15) is 5.10 Å². The molecule has 2 aromatic carbocycles. The van der Waals surface area contributed by atoms with Gasteiger partial charge in [0.1, 0.15) is 5.75 Å². The van der Waals surface area contributed by atoms with Crippen molar-refractivity contribution in [3.63, 3.8) is 0 Å². The maximum atomic E-state index is 10.3. The van der Waals surface area contributed by atoms with Crippen LogP contribution in [0.5, 0.6) is 17.2 Å². The minimum Gasteiger partial charge on any atom is -0.504 e. The number of nitrogens with zero attached hydrogens (tertiary/aromatic N) is 3. The largest absolute Gasteiger partial charge is 0.504 e. The highest BCUT2D eigenvalue weighted by molar-refractivity contribution is 7.07. The number of benzene rings is 2. The molecule has 0 saturated carbocycles. The van der Waals surface area contributed by atoms with E-state index in [1.54, 1.807) is 42.3 Å². The second-order valence-corrected chi connectivity index (χ2v) is 6.52. The minimum absolute atomic E-state index is 0.0352. The summed E-state index contributed by atoms with van der Waals surface area (Å²) < 4.78 is 12.4. The van der Waals surface area contributed by atoms with Crippen molar-refractivity contribution >= 4 is 17.6 Å². The fourth-order valence-electron chi connectivity index (χ4n) is 2.63. The number of thiazole rings is 1. The average Bonchev–Trinajstić information content (AvgIpc) is 3.13. The summed E-state index contributed by atoms with van der Waals surface area (Å²) in [5, 5.41) is 16.9. The molecule has 144 valence electrons. The summed E-state index contributed by atoms with van der Waals surface area (Å²) in [4.78, 5) is 5.22. The Morgan fingerprint density at radius 1 is 1.11 bits per heavy atom. The van der Waals surface area contributed by atoms with E-state index >= 15 is 0 Å². The number of hydrogen-bond acceptors (Lipinski definition) is 6. The SMILES string of the molecule is C=CCN=c1scc(-c2ccccc2OC)n1N=Cc1cccc(OC)c1O. The molecular formula is C21H21N3O3S. The van der Waals surface area contributed by atoms with Gasteiger partial charge in [0.05, 0.1) is 32.7 Å². The van der Waals surface area contributed by atoms with Crippen LogP contribution in [0.2, 0.25) is 0 Å². The lowest BCUT2D eigenvalue weighted by atomic mass is 10.1. The van der Waals surface area contributed by atoms with Crippen LogP contribution in [0.25, 0.3) is 11.3 Å². The number of phenols is 1. The normalized spacial score (nSPS) is 11.7. The van der Waals surface area contributed by atoms with Crippen molar-refractivity contribution in [2.24, 2.45) is 10.1 Å². The first kappa shape index (κ1) is 19.4. The zero-order valence-corrected chi connectivity index (χ0v) is 16.5. The molecule has 0 saturated heterocycles. The van der Waals surface area contributed by atoms with E-state index in [-0.39, 0.29) is 5.75 Å². The van der Waals surface area contributed by atoms with Gasteiger partial charge in [-0.05, 0) is 24.3 Å². The molecule has 0 amide bonds. The summed E-state index contributed by atoms with van der Waals surface area (Å²) in [5.41, 5.74) is 2.27. The molecule has 3 aromatic rings. The zero-order chi connectivity index (χ0) is 19.9. The van der Waals surface area contributed by atoms with Gasteiger partial charge in [0, 0.05) is 16.5 Å². The Balaban J connectivity index is 2.13. The van der Waals surface area contributed by atoms with E-state index in [1.165, 1.54) is 18.4 Å². The van der Waals surface area contributed by atoms with Gasteiger partial charge < -0.3 is 14.6 Å². The van der Waals surface area contributed by atoms with E-state index in [9.17, 15) is 5.11 Å². The molecule has 1 heterocycles. The van der Waals surface area contributed by atoms with Crippen molar-refractivity contribution < 1.29 is 14.6 Å². The van der Waals surface area contributed by atoms with Crippen LogP contribution in [0.15, 0.2) is 70.6 Å². The average molecular weight is 395 g/mol. The van der Waals surface area contributed by atoms with E-state index in [1.807, 2.05) is 29.6 Å². The van der Waals surface area contributed by atoms with E-state index < -0.39 is 0 Å². The van der Waals surface area contributed by atoms with E-state index in [0.29, 0.717) is 22.7 Å². The Morgan fingerprint density at radius 3 is 2.61 bits per heavy atom. The van der Waals surface area contributed by atoms with Gasteiger partial charge in [-0.3, -0.25) is 4.99 Å². The molecule has 0 radical (unpaired) electrons. The predicted molar refractivity (Wildman–Crippen MR) is 113 cm³/mol. The molecule has 7 heteroatoms. The molecule has 0 atom stereocenters. The summed E-state index contributed by atoms with van der Waals surface area (Å²) in [5.74, 6) is 1.16. The molecule has 0 spiro atoms. The van der Waals surface area contributed by atoms with E-state index in [4.69, 9.17) is 9.47 Å². The molecule has 6 nitrogen and oxygen atoms in total. The van der Waals surface area contributed by atoms with Gasteiger partial charge >= 0.3 is 0 Å². The molecule has 0 fully saturated rings. The third-order valence-electron chi connectivity index (χ3n) is 3.99. The highest BCUT2D eigenvalue weighted by Gasteiger charge is 2.12. The predicted octanol–water partition coefficient (Wildman–Crippen LogP) is 3.91. The lowest BCUT2D eigenvalue weighted by Gasteiger charge is -2.09. The highest BCUT2D eigenvalue weighted by atomic mass is 32.1. The molecule has 1 aromatic heterocycles. The Morgan fingerprint density at radius 2 is 1.86 bits per heavy atom. The quantitative estimate of drug-likeness (QED) is 0.487. The van der Waals surface area contributed by atoms with Crippen molar-refractivity contribution in [2.75, 3.05) is 20.8 Å². The molecule has 28 heavy (non-hydrogen) atoms. The standard InChI is InChI=1S/C21H21N3O3S/c1-4-12-22-21-24(23-13-15-8-7-11-19(27-3)20(15)25)17(14-28-21)16-9-5-6-10-18(16)26-2/h4-11,13-14,25H,1,12H2,2-3H3. The van der Waals surface area contributed by atoms with Gasteiger partial charge in [0.2, 0.25) is 4.80 Å². The van der Waals surface area contributed by atoms with Crippen LogP contribution in [-0.2, 0) is 0 Å². The lowest BCUT2D eigenvalue weighted by Crippen LogP contribution is -2.12. The second-order valence-electron chi connectivity index (χ2n) is 5.69. The number of aromatic nitrogens is 1. The topological polar surface area (TPSA) is 68.3 Å². The number of methoxy groups -OCH3 is 2. The maximum Gasteiger partial charge on any atom is 0.206 e. The number of aromatic hydroxyl groups is 1. The molecule has 1 N–H and O–H groups in total. The summed E-state index contributed by atoms with van der Waals surface area (Å²) in [6.07, 6.45) is 3.31. The fraction of sp³-hybridized carbons (Fsp3) is 0.143. The summed E-state index contributed by atoms with van der Waals surface area (Å²) in [6, 6.07) is 13.0. The van der Waals surface area contributed by atoms with Crippen LogP contribution >= 0.6 is 11.3 Å². The van der Waals surface area contributed by atoms with Crippen molar-refractivity contribution in [3.8, 4) is 28.5 Å². The maximum absolute atomic E-state index is 10.3. The monoisotopic (exact) mass is 395 g/mol. The van der Waals surface area contributed by atoms with Crippen LogP contribution in [-0.4, -0.2) is 36.8 Å². The van der Waals surface area contributed by atoms with Crippen LogP contribution in [0.1, 0.15) is 5.56 Å². The van der Waals surface area contributed by atoms with E-state index in [0.717, 1.165) is 17.0 Å². The number of phenolic OH excluding ortho intramolecular Hbond substituents is 1. The Hall–Kier alpha value is -3.32. The lowest BCUT2D eigenvalue weighted by molar-refractivity contribution is 0.373. The Bertz CT molecular complexity index is 1070. The first-order valence-electron chi connectivity index (χ1n) is 8.55. The first-order chi connectivity index (χ1) is 13.7. The first-order valence-corrected chi connectivity index (χ1v) is 9.43. The van der Waals surface area contributed by atoms with Crippen molar-refractivity contribution in [1.29, 1.82) is 0 Å². The van der Waals surface area contributed by atoms with Gasteiger partial charge in [-0.15, -0.1) is 17.9 Å². The van der Waals surface area contributed by atoms with Crippen molar-refractivity contribution in [2.45, 2.75) is 0 Å². The minimum atomic E-state index is 0.0352. The molecule has 0 aliphatic rings. The fourth-order valence-corrected chi connectivity index (χ4v) is 3.47. The van der Waals surface area contributed by atoms with Crippen LogP contribution in [0.3, 0.4) is 0 Å². The number of para-hydroxylation sites is 2. The molecule has 0 aliphatic heterocycles. The Kier molecular flexibility index (Phi) is 6.29. The van der Waals surface area contributed by atoms with Gasteiger partial charge in [0.15, 0.2) is 11.5 Å². The molecule has 3 rings (SSSR count). The van der Waals surface area contributed by atoms with Crippen molar-refractivity contribution in [3.05, 3.63) is 70.9 Å². The Labute approximate surface area is 167 Å². The van der Waals surface area contributed by atoms with Gasteiger partial charge in [-0.1, -0.05) is 24.3 Å². The third kappa shape index (κ3) is 3.99. The summed E-state index contributed by atoms with van der Waals surface area (Å²) in [6.45, 7) is 4.20. The van der Waals surface area contributed by atoms with Crippen LogP contribution in [0.4, 0.5) is 0 Å². The summed E-state index contributed by atoms with van der Waals surface area (Å²) in [7, 11) is 3.14. The molecule has 0 unspecified atom stereocenters. The molecule has 0 bridgehead atoms. The smallest absolute Gasteiger partial charge is 0.206 e. The van der Waals surface area contributed by atoms with Crippen LogP contribution < -0.4 is 14.3 Å².